The van der Waals surface area contributed by atoms with Gasteiger partial charge < -0.3 is 19.3 Å². The third-order valence-electron chi connectivity index (χ3n) is 6.36. The van der Waals surface area contributed by atoms with Gasteiger partial charge in [0, 0.05) is 30.2 Å². The van der Waals surface area contributed by atoms with Gasteiger partial charge in [-0.05, 0) is 50.2 Å². The highest BCUT2D eigenvalue weighted by Gasteiger charge is 2.21. The summed E-state index contributed by atoms with van der Waals surface area (Å²) in [6, 6.07) is 23.3. The van der Waals surface area contributed by atoms with Crippen molar-refractivity contribution in [3.05, 3.63) is 84.6 Å². The highest BCUT2D eigenvalue weighted by molar-refractivity contribution is 5.95. The molecule has 0 N–H and O–H groups in total. The molecule has 3 aromatic carbocycles. The van der Waals surface area contributed by atoms with E-state index in [-0.39, 0.29) is 6.02 Å². The second-order valence-electron chi connectivity index (χ2n) is 9.00. The van der Waals surface area contributed by atoms with Gasteiger partial charge in [-0.25, -0.2) is 4.99 Å². The highest BCUT2D eigenvalue weighted by Crippen LogP contribution is 2.32. The molecule has 1 heterocycles. The maximum atomic E-state index is 6.14. The lowest BCUT2D eigenvalue weighted by Gasteiger charge is -2.23. The fourth-order valence-corrected chi connectivity index (χ4v) is 4.41. The Morgan fingerprint density at radius 3 is 2.63 bits per heavy atom. The lowest BCUT2D eigenvalue weighted by molar-refractivity contribution is 0.188. The van der Waals surface area contributed by atoms with Crippen LogP contribution in [-0.2, 0) is 11.3 Å². The van der Waals surface area contributed by atoms with Crippen LogP contribution < -0.4 is 9.64 Å². The minimum atomic E-state index is 0.272. The summed E-state index contributed by atoms with van der Waals surface area (Å²) >= 11 is 0. The predicted octanol–water partition coefficient (Wildman–Crippen LogP) is 5.54. The molecular weight excluding hydrogens is 436 g/mol. The van der Waals surface area contributed by atoms with Gasteiger partial charge in [0.25, 0.3) is 0 Å². The molecule has 1 atom stereocenters. The molecule has 182 valence electrons. The standard InChI is InChI=1S/C29H34N4O2/c1-22(31-29(30-2)35-21-25-14-10-16-32(25)3)19-33(4)28-18-26(17-24-13-8-9-15-27(24)28)34-20-23-11-6-5-7-12-23/h5-9,11-13,15,17-18,25H,1-2,10,14,16,19-21H2,3-4H3/b31-29+/t25-/m0/s1. The molecule has 35 heavy (non-hydrogen) atoms. The molecule has 6 heteroatoms. The lowest BCUT2D eigenvalue weighted by Crippen LogP contribution is -2.30. The van der Waals surface area contributed by atoms with Crippen molar-refractivity contribution in [3.8, 4) is 5.75 Å². The molecule has 1 fully saturated rings. The van der Waals surface area contributed by atoms with E-state index in [1.165, 1.54) is 6.42 Å². The van der Waals surface area contributed by atoms with E-state index in [4.69, 9.17) is 9.47 Å². The number of fused-ring (bicyclic) bond motifs is 1. The summed E-state index contributed by atoms with van der Waals surface area (Å²) in [6.07, 6.45) is 2.32. The van der Waals surface area contributed by atoms with Crippen molar-refractivity contribution in [3.63, 3.8) is 0 Å². The number of nitrogens with zero attached hydrogens (tertiary/aromatic N) is 4. The summed E-state index contributed by atoms with van der Waals surface area (Å²) in [5, 5.41) is 2.26. The van der Waals surface area contributed by atoms with Gasteiger partial charge in [0.2, 0.25) is 0 Å². The summed E-state index contributed by atoms with van der Waals surface area (Å²) in [4.78, 5) is 12.9. The van der Waals surface area contributed by atoms with Crippen molar-refractivity contribution in [2.45, 2.75) is 25.5 Å². The van der Waals surface area contributed by atoms with Crippen molar-refractivity contribution in [1.29, 1.82) is 0 Å². The Balaban J connectivity index is 1.46. The van der Waals surface area contributed by atoms with Crippen molar-refractivity contribution in [2.75, 3.05) is 38.7 Å². The molecule has 0 amide bonds. The first-order valence-corrected chi connectivity index (χ1v) is 12.0. The predicted molar refractivity (Wildman–Crippen MR) is 146 cm³/mol. The molecule has 0 aliphatic carbocycles. The van der Waals surface area contributed by atoms with Gasteiger partial charge in [-0.1, -0.05) is 61.2 Å². The van der Waals surface area contributed by atoms with E-state index < -0.39 is 0 Å². The Morgan fingerprint density at radius 2 is 1.89 bits per heavy atom. The monoisotopic (exact) mass is 470 g/mol. The van der Waals surface area contributed by atoms with Crippen LogP contribution in [0.1, 0.15) is 18.4 Å². The molecule has 0 bridgehead atoms. The molecule has 0 radical (unpaired) electrons. The number of likely N-dealkylation sites (tertiary alicyclic amines) is 1. The van der Waals surface area contributed by atoms with Crippen molar-refractivity contribution in [2.24, 2.45) is 9.98 Å². The highest BCUT2D eigenvalue weighted by atomic mass is 16.5. The first kappa shape index (κ1) is 24.5. The Labute approximate surface area is 208 Å². The average Bonchev–Trinajstić information content (AvgIpc) is 3.29. The minimum Gasteiger partial charge on any atom is -0.489 e. The summed E-state index contributed by atoms with van der Waals surface area (Å²) in [5.41, 5.74) is 2.82. The average molecular weight is 471 g/mol. The summed E-state index contributed by atoms with van der Waals surface area (Å²) < 4.78 is 12.0. The van der Waals surface area contributed by atoms with E-state index in [0.29, 0.717) is 31.5 Å². The molecule has 1 aliphatic heterocycles. The van der Waals surface area contributed by atoms with E-state index in [1.807, 2.05) is 37.4 Å². The number of benzene rings is 3. The molecule has 1 aliphatic rings. The van der Waals surface area contributed by atoms with Crippen molar-refractivity contribution >= 4 is 29.2 Å². The second-order valence-corrected chi connectivity index (χ2v) is 9.00. The van der Waals surface area contributed by atoms with Crippen LogP contribution in [0.25, 0.3) is 10.8 Å². The van der Waals surface area contributed by atoms with Crippen molar-refractivity contribution in [1.82, 2.24) is 4.90 Å². The van der Waals surface area contributed by atoms with Crippen LogP contribution in [0.3, 0.4) is 0 Å². The summed E-state index contributed by atoms with van der Waals surface area (Å²) in [5.74, 6) is 0.820. The van der Waals surface area contributed by atoms with E-state index in [2.05, 4.69) is 76.5 Å². The van der Waals surface area contributed by atoms with Crippen molar-refractivity contribution < 1.29 is 9.47 Å². The minimum absolute atomic E-state index is 0.272. The first-order valence-electron chi connectivity index (χ1n) is 12.0. The topological polar surface area (TPSA) is 49.7 Å². The molecule has 1 saturated heterocycles. The van der Waals surface area contributed by atoms with E-state index in [9.17, 15) is 0 Å². The van der Waals surface area contributed by atoms with Gasteiger partial charge in [-0.15, -0.1) is 0 Å². The number of rotatable bonds is 9. The molecule has 3 aromatic rings. The number of likely N-dealkylation sites (N-methyl/N-ethyl adjacent to an activating group) is 2. The fourth-order valence-electron chi connectivity index (χ4n) is 4.41. The molecule has 0 spiro atoms. The van der Waals surface area contributed by atoms with E-state index in [0.717, 1.165) is 40.7 Å². The third-order valence-corrected chi connectivity index (χ3v) is 6.36. The van der Waals surface area contributed by atoms with Gasteiger partial charge in [0.1, 0.15) is 19.0 Å². The Morgan fingerprint density at radius 1 is 1.11 bits per heavy atom. The van der Waals surface area contributed by atoms with Gasteiger partial charge in [-0.3, -0.25) is 0 Å². The van der Waals surface area contributed by atoms with Crippen LogP contribution in [0.4, 0.5) is 5.69 Å². The van der Waals surface area contributed by atoms with Crippen LogP contribution >= 0.6 is 0 Å². The summed E-state index contributed by atoms with van der Waals surface area (Å²) in [7, 11) is 4.15. The first-order chi connectivity index (χ1) is 17.0. The molecule has 6 nitrogen and oxygen atoms in total. The zero-order valence-electron chi connectivity index (χ0n) is 20.7. The quantitative estimate of drug-likeness (QED) is 0.305. The summed E-state index contributed by atoms with van der Waals surface area (Å²) in [6.45, 7) is 10.4. The number of anilines is 1. The number of hydrogen-bond donors (Lipinski definition) is 0. The molecular formula is C29H34N4O2. The third kappa shape index (κ3) is 6.49. The van der Waals surface area contributed by atoms with Gasteiger partial charge in [0.05, 0.1) is 12.2 Å². The second kappa shape index (κ2) is 11.7. The van der Waals surface area contributed by atoms with E-state index >= 15 is 0 Å². The molecule has 4 rings (SSSR count). The molecule has 0 aromatic heterocycles. The fraction of sp³-hybridized carbons (Fsp3) is 0.310. The van der Waals surface area contributed by atoms with Crippen LogP contribution in [-0.4, -0.2) is 57.5 Å². The van der Waals surface area contributed by atoms with Crippen LogP contribution in [0.5, 0.6) is 5.75 Å². The smallest absolute Gasteiger partial charge is 0.316 e. The maximum Gasteiger partial charge on any atom is 0.316 e. The largest absolute Gasteiger partial charge is 0.489 e. The lowest BCUT2D eigenvalue weighted by atomic mass is 10.1. The molecule has 0 saturated carbocycles. The van der Waals surface area contributed by atoms with Gasteiger partial charge in [0.15, 0.2) is 0 Å². The number of amidine groups is 1. The normalized spacial score (nSPS) is 16.3. The van der Waals surface area contributed by atoms with Crippen LogP contribution in [0.15, 0.2) is 89.0 Å². The maximum absolute atomic E-state index is 6.14. The number of ether oxygens (including phenoxy) is 2. The number of aliphatic imine (C=N–C) groups is 2. The zero-order valence-corrected chi connectivity index (χ0v) is 20.7. The van der Waals surface area contributed by atoms with Crippen LogP contribution in [0, 0.1) is 0 Å². The van der Waals surface area contributed by atoms with Gasteiger partial charge >= 0.3 is 6.02 Å². The molecule has 0 unspecified atom stereocenters. The zero-order chi connectivity index (χ0) is 24.6. The van der Waals surface area contributed by atoms with Gasteiger partial charge in [-0.2, -0.15) is 4.99 Å². The Bertz CT molecular complexity index is 1190. The Kier molecular flexibility index (Phi) is 8.16. The number of hydrogen-bond acceptors (Lipinski definition) is 5. The SMILES string of the molecule is C=N/C(=N\C(=C)CN(C)c1cc(OCc2ccccc2)cc2ccccc12)OC[C@@H]1CCCN1C. The Hall–Kier alpha value is -3.64. The van der Waals surface area contributed by atoms with Crippen LogP contribution in [0.2, 0.25) is 0 Å². The van der Waals surface area contributed by atoms with E-state index in [1.54, 1.807) is 0 Å².